The predicted octanol–water partition coefficient (Wildman–Crippen LogP) is 3.66. The smallest absolute Gasteiger partial charge is 0.337 e. The molecule has 0 heterocycles. The van der Waals surface area contributed by atoms with Crippen LogP contribution in [0.3, 0.4) is 0 Å². The topological polar surface area (TPSA) is 40.5 Å². The Morgan fingerprint density at radius 2 is 2.12 bits per heavy atom. The summed E-state index contributed by atoms with van der Waals surface area (Å²) in [5.41, 5.74) is 0.887. The summed E-state index contributed by atoms with van der Waals surface area (Å²) in [4.78, 5) is 13.3. The van der Waals surface area contributed by atoms with E-state index in [0.29, 0.717) is 10.7 Å². The molecule has 0 aliphatic rings. The van der Waals surface area contributed by atoms with Crippen molar-refractivity contribution in [3.05, 3.63) is 28.8 Å². The molecule has 0 unspecified atom stereocenters. The molecule has 1 N–H and O–H groups in total. The van der Waals surface area contributed by atoms with Gasteiger partial charge in [-0.3, -0.25) is 0 Å². The van der Waals surface area contributed by atoms with E-state index < -0.39 is 5.97 Å². The molecule has 4 heteroatoms. The van der Waals surface area contributed by atoms with E-state index in [1.54, 1.807) is 18.2 Å². The number of hydrogen-bond acceptors (Lipinski definition) is 2. The summed E-state index contributed by atoms with van der Waals surface area (Å²) < 4.78 is 0. The summed E-state index contributed by atoms with van der Waals surface area (Å²) in [6.45, 7) is 6.92. The number of halogens is 1. The summed E-state index contributed by atoms with van der Waals surface area (Å²) in [5, 5.41) is 9.70. The minimum atomic E-state index is -0.941. The van der Waals surface area contributed by atoms with Gasteiger partial charge in [0.05, 0.1) is 16.3 Å². The Balaban J connectivity index is 3.29. The molecule has 0 radical (unpaired) electrons. The number of nitrogens with zero attached hydrogens (tertiary/aromatic N) is 1. The molecule has 3 nitrogen and oxygen atoms in total. The average Bonchev–Trinajstić information content (AvgIpc) is 2.25. The van der Waals surface area contributed by atoms with Gasteiger partial charge in [0.15, 0.2) is 0 Å². The van der Waals surface area contributed by atoms with E-state index in [4.69, 9.17) is 11.6 Å². The minimum Gasteiger partial charge on any atom is -0.478 e. The first kappa shape index (κ1) is 13.8. The Labute approximate surface area is 107 Å². The van der Waals surface area contributed by atoms with Gasteiger partial charge in [-0.1, -0.05) is 24.6 Å². The van der Waals surface area contributed by atoms with Crippen molar-refractivity contribution in [2.45, 2.75) is 33.2 Å². The van der Waals surface area contributed by atoms with Gasteiger partial charge < -0.3 is 10.0 Å². The number of rotatable bonds is 5. The molecule has 0 aliphatic heterocycles. The lowest BCUT2D eigenvalue weighted by Crippen LogP contribution is -2.33. The number of benzene rings is 1. The zero-order valence-electron chi connectivity index (χ0n) is 10.4. The van der Waals surface area contributed by atoms with Crippen LogP contribution in [0.1, 0.15) is 37.6 Å². The van der Waals surface area contributed by atoms with Crippen molar-refractivity contribution in [3.8, 4) is 0 Å². The van der Waals surface area contributed by atoms with Crippen LogP contribution in [0.5, 0.6) is 0 Å². The molecule has 0 saturated carbocycles. The van der Waals surface area contributed by atoms with Crippen LogP contribution >= 0.6 is 11.6 Å². The van der Waals surface area contributed by atoms with Crippen molar-refractivity contribution < 1.29 is 9.90 Å². The lowest BCUT2D eigenvalue weighted by Gasteiger charge is -2.30. The number of carboxylic acid groups (broad SMARTS) is 1. The highest BCUT2D eigenvalue weighted by molar-refractivity contribution is 6.34. The monoisotopic (exact) mass is 255 g/mol. The van der Waals surface area contributed by atoms with E-state index in [1.807, 2.05) is 18.7 Å². The van der Waals surface area contributed by atoms with Crippen LogP contribution in [0.25, 0.3) is 0 Å². The van der Waals surface area contributed by atoms with Gasteiger partial charge in [0, 0.05) is 12.6 Å². The Bertz CT molecular complexity index is 404. The lowest BCUT2D eigenvalue weighted by atomic mass is 10.1. The minimum absolute atomic E-state index is 0.216. The molecule has 0 aliphatic carbocycles. The Kier molecular flexibility index (Phi) is 4.82. The molecular formula is C13H18ClNO2. The zero-order chi connectivity index (χ0) is 13.0. The fourth-order valence-electron chi connectivity index (χ4n) is 1.85. The van der Waals surface area contributed by atoms with Crippen LogP contribution < -0.4 is 4.90 Å². The van der Waals surface area contributed by atoms with E-state index in [0.717, 1.165) is 13.0 Å². The summed E-state index contributed by atoms with van der Waals surface area (Å²) in [7, 11) is 0. The highest BCUT2D eigenvalue weighted by Crippen LogP contribution is 2.31. The van der Waals surface area contributed by atoms with E-state index >= 15 is 0 Å². The first-order valence-electron chi connectivity index (χ1n) is 5.77. The first-order chi connectivity index (χ1) is 7.99. The highest BCUT2D eigenvalue weighted by atomic mass is 35.5. The molecule has 0 saturated heterocycles. The molecule has 1 aromatic carbocycles. The van der Waals surface area contributed by atoms with Crippen molar-refractivity contribution in [2.75, 3.05) is 11.4 Å². The summed E-state index contributed by atoms with van der Waals surface area (Å²) >= 11 is 6.14. The zero-order valence-corrected chi connectivity index (χ0v) is 11.2. The maximum absolute atomic E-state index is 11.2. The fraction of sp³-hybridized carbons (Fsp3) is 0.462. The van der Waals surface area contributed by atoms with Crippen LogP contribution in [0, 0.1) is 0 Å². The molecule has 0 aromatic heterocycles. The third-order valence-corrected chi connectivity index (χ3v) is 2.90. The second kappa shape index (κ2) is 5.92. The molecule has 1 rings (SSSR count). The van der Waals surface area contributed by atoms with Crippen molar-refractivity contribution in [1.29, 1.82) is 0 Å². The fourth-order valence-corrected chi connectivity index (χ4v) is 2.13. The second-order valence-corrected chi connectivity index (χ2v) is 4.64. The number of carbonyl (C=O) groups is 1. The third-order valence-electron chi connectivity index (χ3n) is 2.59. The van der Waals surface area contributed by atoms with Gasteiger partial charge in [0.1, 0.15) is 0 Å². The summed E-state index contributed by atoms with van der Waals surface area (Å²) in [5.74, 6) is -0.941. The van der Waals surface area contributed by atoms with Crippen molar-refractivity contribution >= 4 is 23.3 Å². The molecule has 1 aromatic rings. The van der Waals surface area contributed by atoms with Crippen LogP contribution in [0.15, 0.2) is 18.2 Å². The van der Waals surface area contributed by atoms with Crippen molar-refractivity contribution in [2.24, 2.45) is 0 Å². The number of para-hydroxylation sites is 1. The van der Waals surface area contributed by atoms with Gasteiger partial charge in [-0.25, -0.2) is 4.79 Å². The summed E-state index contributed by atoms with van der Waals surface area (Å²) in [6.07, 6.45) is 0.947. The van der Waals surface area contributed by atoms with Gasteiger partial charge in [0.25, 0.3) is 0 Å². The second-order valence-electron chi connectivity index (χ2n) is 4.23. The van der Waals surface area contributed by atoms with Gasteiger partial charge in [-0.05, 0) is 32.4 Å². The normalized spacial score (nSPS) is 10.6. The largest absolute Gasteiger partial charge is 0.478 e. The van der Waals surface area contributed by atoms with Crippen molar-refractivity contribution in [3.63, 3.8) is 0 Å². The van der Waals surface area contributed by atoms with Crippen LogP contribution in [0.4, 0.5) is 5.69 Å². The number of hydrogen-bond donors (Lipinski definition) is 1. The molecule has 0 amide bonds. The summed E-state index contributed by atoms with van der Waals surface area (Å²) in [6, 6.07) is 5.20. The van der Waals surface area contributed by atoms with E-state index in [-0.39, 0.29) is 11.6 Å². The maximum atomic E-state index is 11.2. The van der Waals surface area contributed by atoms with Gasteiger partial charge in [-0.15, -0.1) is 0 Å². The van der Waals surface area contributed by atoms with E-state index in [1.165, 1.54) is 0 Å². The average molecular weight is 256 g/mol. The van der Waals surface area contributed by atoms with Crippen LogP contribution in [0.2, 0.25) is 5.02 Å². The Hall–Kier alpha value is -1.22. The SMILES string of the molecule is CCCN(c1c(Cl)cccc1C(=O)O)C(C)C. The molecular weight excluding hydrogens is 238 g/mol. The number of carboxylic acids is 1. The molecule has 0 atom stereocenters. The van der Waals surface area contributed by atoms with E-state index in [2.05, 4.69) is 6.92 Å². The Morgan fingerprint density at radius 1 is 1.47 bits per heavy atom. The predicted molar refractivity (Wildman–Crippen MR) is 71.2 cm³/mol. The molecule has 0 spiro atoms. The highest BCUT2D eigenvalue weighted by Gasteiger charge is 2.20. The molecule has 0 bridgehead atoms. The standard InChI is InChI=1S/C13H18ClNO2/c1-4-8-15(9(2)3)12-10(13(16)17)6-5-7-11(12)14/h5-7,9H,4,8H2,1-3H3,(H,16,17). The van der Waals surface area contributed by atoms with Gasteiger partial charge >= 0.3 is 5.97 Å². The molecule has 94 valence electrons. The van der Waals surface area contributed by atoms with Crippen LogP contribution in [-0.4, -0.2) is 23.7 Å². The molecule has 17 heavy (non-hydrogen) atoms. The maximum Gasteiger partial charge on any atom is 0.337 e. The van der Waals surface area contributed by atoms with Gasteiger partial charge in [0.2, 0.25) is 0 Å². The van der Waals surface area contributed by atoms with E-state index in [9.17, 15) is 9.90 Å². The lowest BCUT2D eigenvalue weighted by molar-refractivity contribution is 0.0697. The number of anilines is 1. The first-order valence-corrected chi connectivity index (χ1v) is 6.15. The number of aromatic carboxylic acids is 1. The third kappa shape index (κ3) is 3.13. The Morgan fingerprint density at radius 3 is 2.59 bits per heavy atom. The molecule has 0 fully saturated rings. The quantitative estimate of drug-likeness (QED) is 0.873. The van der Waals surface area contributed by atoms with Crippen LogP contribution in [-0.2, 0) is 0 Å². The van der Waals surface area contributed by atoms with Crippen molar-refractivity contribution in [1.82, 2.24) is 0 Å². The van der Waals surface area contributed by atoms with Gasteiger partial charge in [-0.2, -0.15) is 0 Å².